The molecule has 3 rings (SSSR count). The molecule has 0 aliphatic carbocycles. The van der Waals surface area contributed by atoms with Gasteiger partial charge in [0.2, 0.25) is 10.0 Å². The Morgan fingerprint density at radius 3 is 2.52 bits per heavy atom. The van der Waals surface area contributed by atoms with Crippen molar-refractivity contribution >= 4 is 40.0 Å². The van der Waals surface area contributed by atoms with Crippen molar-refractivity contribution in [2.45, 2.75) is 31.4 Å². The number of benzene rings is 2. The highest BCUT2D eigenvalue weighted by Gasteiger charge is 2.25. The van der Waals surface area contributed by atoms with E-state index in [1.165, 1.54) is 23.7 Å². The van der Waals surface area contributed by atoms with Gasteiger partial charge in [-0.05, 0) is 49.7 Å². The van der Waals surface area contributed by atoms with Gasteiger partial charge in [-0.3, -0.25) is 4.99 Å². The molecular formula is C22H31IN4O3S. The molecule has 1 unspecified atom stereocenters. The number of sulfonamides is 1. The second kappa shape index (κ2) is 11.3. The maximum Gasteiger partial charge on any atom is 0.240 e. The van der Waals surface area contributed by atoms with E-state index in [1.807, 2.05) is 12.1 Å². The van der Waals surface area contributed by atoms with Gasteiger partial charge in [0.1, 0.15) is 6.10 Å². The van der Waals surface area contributed by atoms with Gasteiger partial charge in [0.05, 0.1) is 18.0 Å². The Morgan fingerprint density at radius 2 is 1.90 bits per heavy atom. The minimum Gasteiger partial charge on any atom is -0.370 e. The number of hydrogen-bond acceptors (Lipinski definition) is 4. The molecule has 1 fully saturated rings. The van der Waals surface area contributed by atoms with E-state index < -0.39 is 10.0 Å². The third-order valence-electron chi connectivity index (χ3n) is 5.30. The Balaban J connectivity index is 0.00000341. The first-order chi connectivity index (χ1) is 14.3. The van der Waals surface area contributed by atoms with E-state index in [4.69, 9.17) is 4.74 Å². The monoisotopic (exact) mass is 558 g/mol. The summed E-state index contributed by atoms with van der Waals surface area (Å²) in [6.07, 6.45) is 0.00364. The van der Waals surface area contributed by atoms with Crippen molar-refractivity contribution in [3.05, 3.63) is 64.7 Å². The first kappa shape index (κ1) is 25.6. The van der Waals surface area contributed by atoms with Gasteiger partial charge in [-0.1, -0.05) is 35.9 Å². The third-order valence-corrected chi connectivity index (χ3v) is 6.73. The molecule has 9 heteroatoms. The number of morpholine rings is 1. The second-order valence-corrected chi connectivity index (χ2v) is 9.30. The summed E-state index contributed by atoms with van der Waals surface area (Å²) in [6.45, 7) is 6.89. The molecule has 1 saturated heterocycles. The molecule has 2 aromatic rings. The van der Waals surface area contributed by atoms with Gasteiger partial charge in [-0.2, -0.15) is 0 Å². The summed E-state index contributed by atoms with van der Waals surface area (Å²) in [5.41, 5.74) is 4.67. The molecule has 0 aromatic heterocycles. The number of nitrogens with one attached hydrogen (secondary N) is 2. The molecule has 170 valence electrons. The SMILES string of the molecule is CN=C(NCc1ccc(S(=O)(=O)NC)cc1)N1CCOC(c2ccc(C)cc2C)C1.I. The molecule has 1 aliphatic heterocycles. The van der Waals surface area contributed by atoms with Crippen LogP contribution in [0.4, 0.5) is 0 Å². The van der Waals surface area contributed by atoms with Crippen LogP contribution in [0.25, 0.3) is 0 Å². The predicted octanol–water partition coefficient (Wildman–Crippen LogP) is 2.98. The molecule has 7 nitrogen and oxygen atoms in total. The Morgan fingerprint density at radius 1 is 1.19 bits per heavy atom. The van der Waals surface area contributed by atoms with Crippen molar-refractivity contribution in [1.82, 2.24) is 14.9 Å². The first-order valence-corrected chi connectivity index (χ1v) is 11.5. The Labute approximate surface area is 202 Å². The Kier molecular flexibility index (Phi) is 9.28. The fourth-order valence-corrected chi connectivity index (χ4v) is 4.36. The highest BCUT2D eigenvalue weighted by Crippen LogP contribution is 2.26. The van der Waals surface area contributed by atoms with E-state index >= 15 is 0 Å². The number of nitrogens with zero attached hydrogens (tertiary/aromatic N) is 2. The number of aliphatic imine (C=N–C) groups is 1. The smallest absolute Gasteiger partial charge is 0.240 e. The summed E-state index contributed by atoms with van der Waals surface area (Å²) in [6, 6.07) is 13.3. The van der Waals surface area contributed by atoms with Crippen molar-refractivity contribution < 1.29 is 13.2 Å². The van der Waals surface area contributed by atoms with Crippen LogP contribution in [0.2, 0.25) is 0 Å². The van der Waals surface area contributed by atoms with Gasteiger partial charge in [0, 0.05) is 20.1 Å². The molecule has 0 bridgehead atoms. The van der Waals surface area contributed by atoms with Gasteiger partial charge < -0.3 is 15.0 Å². The number of guanidine groups is 1. The molecule has 0 spiro atoms. The van der Waals surface area contributed by atoms with Crippen molar-refractivity contribution in [1.29, 1.82) is 0 Å². The maximum absolute atomic E-state index is 11.9. The van der Waals surface area contributed by atoms with Crippen LogP contribution in [0.5, 0.6) is 0 Å². The molecule has 1 aliphatic rings. The lowest BCUT2D eigenvalue weighted by atomic mass is 10.00. The highest BCUT2D eigenvalue weighted by molar-refractivity contribution is 14.0. The van der Waals surface area contributed by atoms with Crippen molar-refractivity contribution in [3.63, 3.8) is 0 Å². The summed E-state index contributed by atoms with van der Waals surface area (Å²) < 4.78 is 32.1. The first-order valence-electron chi connectivity index (χ1n) is 10.0. The van der Waals surface area contributed by atoms with Crippen molar-refractivity contribution in [2.75, 3.05) is 33.8 Å². The van der Waals surface area contributed by atoms with Gasteiger partial charge in [-0.15, -0.1) is 24.0 Å². The van der Waals surface area contributed by atoms with Crippen LogP contribution in [0.3, 0.4) is 0 Å². The van der Waals surface area contributed by atoms with E-state index in [9.17, 15) is 8.42 Å². The van der Waals surface area contributed by atoms with Gasteiger partial charge in [0.15, 0.2) is 5.96 Å². The summed E-state index contributed by atoms with van der Waals surface area (Å²) in [5.74, 6) is 0.806. The van der Waals surface area contributed by atoms with E-state index in [-0.39, 0.29) is 35.0 Å². The average Bonchev–Trinajstić information content (AvgIpc) is 2.75. The minimum atomic E-state index is -3.42. The fourth-order valence-electron chi connectivity index (χ4n) is 3.63. The molecule has 0 amide bonds. The van der Waals surface area contributed by atoms with Crippen LogP contribution in [0.1, 0.15) is 28.4 Å². The van der Waals surface area contributed by atoms with E-state index in [0.717, 1.165) is 24.6 Å². The molecular weight excluding hydrogens is 527 g/mol. The molecule has 2 aromatic carbocycles. The number of halogens is 1. The number of hydrogen-bond donors (Lipinski definition) is 2. The molecule has 1 atom stereocenters. The normalized spacial score (nSPS) is 17.2. The summed E-state index contributed by atoms with van der Waals surface area (Å²) in [7, 11) is -0.247. The average molecular weight is 558 g/mol. The summed E-state index contributed by atoms with van der Waals surface area (Å²) >= 11 is 0. The Hall–Kier alpha value is -1.69. The standard InChI is InChI=1S/C22H30N4O3S.HI/c1-16-5-10-20(17(2)13-16)21-15-26(11-12-29-21)22(23-3)25-14-18-6-8-19(9-7-18)30(27,28)24-4;/h5-10,13,21,24H,11-12,14-15H2,1-4H3,(H,23,25);1H. The van der Waals surface area contributed by atoms with Crippen molar-refractivity contribution in [3.8, 4) is 0 Å². The van der Waals surface area contributed by atoms with Gasteiger partial charge >= 0.3 is 0 Å². The van der Waals surface area contributed by atoms with Crippen LogP contribution in [-0.2, 0) is 21.3 Å². The van der Waals surface area contributed by atoms with E-state index in [2.05, 4.69) is 52.0 Å². The molecule has 31 heavy (non-hydrogen) atoms. The van der Waals surface area contributed by atoms with Crippen LogP contribution in [0, 0.1) is 13.8 Å². The van der Waals surface area contributed by atoms with E-state index in [0.29, 0.717) is 13.2 Å². The van der Waals surface area contributed by atoms with Crippen LogP contribution >= 0.6 is 24.0 Å². The maximum atomic E-state index is 11.9. The zero-order valence-corrected chi connectivity index (χ0v) is 21.5. The molecule has 1 heterocycles. The lowest BCUT2D eigenvalue weighted by Crippen LogP contribution is -2.48. The van der Waals surface area contributed by atoms with Crippen LogP contribution in [0.15, 0.2) is 52.4 Å². The summed E-state index contributed by atoms with van der Waals surface area (Å²) in [4.78, 5) is 6.89. The highest BCUT2D eigenvalue weighted by atomic mass is 127. The largest absolute Gasteiger partial charge is 0.370 e. The zero-order chi connectivity index (χ0) is 21.7. The lowest BCUT2D eigenvalue weighted by Gasteiger charge is -2.36. The van der Waals surface area contributed by atoms with Crippen LogP contribution in [-0.4, -0.2) is 53.1 Å². The minimum absolute atomic E-state index is 0. The number of ether oxygens (including phenoxy) is 1. The van der Waals surface area contributed by atoms with E-state index in [1.54, 1.807) is 19.2 Å². The zero-order valence-electron chi connectivity index (χ0n) is 18.4. The topological polar surface area (TPSA) is 83.0 Å². The molecule has 0 radical (unpaired) electrons. The quantitative estimate of drug-likeness (QED) is 0.335. The van der Waals surface area contributed by atoms with Gasteiger partial charge in [-0.25, -0.2) is 13.1 Å². The Bertz CT molecular complexity index is 1010. The second-order valence-electron chi connectivity index (χ2n) is 7.42. The molecule has 2 N–H and O–H groups in total. The number of rotatable bonds is 5. The number of aryl methyl sites for hydroxylation is 2. The van der Waals surface area contributed by atoms with Crippen LogP contribution < -0.4 is 10.0 Å². The van der Waals surface area contributed by atoms with Gasteiger partial charge in [0.25, 0.3) is 0 Å². The van der Waals surface area contributed by atoms with Crippen molar-refractivity contribution in [2.24, 2.45) is 4.99 Å². The lowest BCUT2D eigenvalue weighted by molar-refractivity contribution is -0.00834. The predicted molar refractivity (Wildman–Crippen MR) is 134 cm³/mol. The third kappa shape index (κ3) is 6.41. The summed E-state index contributed by atoms with van der Waals surface area (Å²) in [5, 5.41) is 3.38. The molecule has 0 saturated carbocycles. The fraction of sp³-hybridized carbons (Fsp3) is 0.409.